The van der Waals surface area contributed by atoms with Crippen LogP contribution >= 0.6 is 24.0 Å². The Morgan fingerprint density at radius 3 is 3.00 bits per heavy atom. The maximum atomic E-state index is 12.3. The molecule has 2 heterocycles. The topological polar surface area (TPSA) is 23.6 Å². The van der Waals surface area contributed by atoms with E-state index in [1.807, 2.05) is 36.1 Å². The van der Waals surface area contributed by atoms with Crippen molar-refractivity contribution in [3.05, 3.63) is 29.8 Å². The highest BCUT2D eigenvalue weighted by molar-refractivity contribution is 7.99. The number of carbonyl (C=O) groups is 1. The molecule has 88 valence electrons. The third kappa shape index (κ3) is 1.65. The second-order valence-corrected chi connectivity index (χ2v) is 5.65. The lowest BCUT2D eigenvalue weighted by atomic mass is 10.2. The zero-order valence-corrected chi connectivity index (χ0v) is 11.1. The van der Waals surface area contributed by atoms with Crippen molar-refractivity contribution in [2.75, 3.05) is 16.5 Å². The number of hydrogen-bond acceptors (Lipinski definition) is 3. The first-order valence-corrected chi connectivity index (χ1v) is 7.04. The van der Waals surface area contributed by atoms with Crippen LogP contribution in [-0.4, -0.2) is 33.6 Å². The van der Waals surface area contributed by atoms with E-state index >= 15 is 0 Å². The summed E-state index contributed by atoms with van der Waals surface area (Å²) in [6, 6.07) is 7.86. The highest BCUT2D eigenvalue weighted by atomic mass is 32.2. The monoisotopic (exact) mass is 264 g/mol. The van der Waals surface area contributed by atoms with Gasteiger partial charge in [0.05, 0.1) is 11.6 Å². The molecule has 2 aliphatic heterocycles. The van der Waals surface area contributed by atoms with Gasteiger partial charge >= 0.3 is 0 Å². The predicted octanol–water partition coefficient (Wildman–Crippen LogP) is 2.00. The molecule has 0 N–H and O–H groups in total. The number of nitrogens with zero attached hydrogens (tertiary/aromatic N) is 2. The molecule has 2 fully saturated rings. The zero-order valence-electron chi connectivity index (χ0n) is 9.42. The van der Waals surface area contributed by atoms with Crippen molar-refractivity contribution in [1.82, 2.24) is 4.90 Å². The molecule has 0 spiro atoms. The number of anilines is 1. The number of carbonyl (C=O) groups excluding carboxylic acids is 1. The Hall–Kier alpha value is -1.07. The number of thioether (sulfide) groups is 1. The molecule has 5 heteroatoms. The summed E-state index contributed by atoms with van der Waals surface area (Å²) < 4.78 is 0. The molecule has 1 amide bonds. The standard InChI is InChI=1S/C12H12N2OS2/c1-8-3-2-4-9(5-8)14-11(15)10-6-17-7-13(10)12(14)16/h2-5,10H,6-7H2,1H3/t10-/m0/s1. The lowest BCUT2D eigenvalue weighted by Gasteiger charge is -2.18. The van der Waals surface area contributed by atoms with Gasteiger partial charge in [0.15, 0.2) is 5.11 Å². The molecule has 0 unspecified atom stereocenters. The van der Waals surface area contributed by atoms with Gasteiger partial charge in [0.25, 0.3) is 5.91 Å². The predicted molar refractivity (Wildman–Crippen MR) is 74.2 cm³/mol. The van der Waals surface area contributed by atoms with E-state index < -0.39 is 0 Å². The van der Waals surface area contributed by atoms with Gasteiger partial charge in [-0.25, -0.2) is 0 Å². The summed E-state index contributed by atoms with van der Waals surface area (Å²) in [7, 11) is 0. The van der Waals surface area contributed by atoms with Gasteiger partial charge in [-0.05, 0) is 36.8 Å². The molecule has 17 heavy (non-hydrogen) atoms. The van der Waals surface area contributed by atoms with Gasteiger partial charge < -0.3 is 4.90 Å². The van der Waals surface area contributed by atoms with E-state index in [2.05, 4.69) is 0 Å². The molecule has 0 saturated carbocycles. The zero-order chi connectivity index (χ0) is 12.0. The van der Waals surface area contributed by atoms with E-state index in [0.717, 1.165) is 22.9 Å². The summed E-state index contributed by atoms with van der Waals surface area (Å²) in [6.07, 6.45) is 0. The van der Waals surface area contributed by atoms with Crippen LogP contribution in [0.25, 0.3) is 0 Å². The van der Waals surface area contributed by atoms with Crippen LogP contribution in [0.5, 0.6) is 0 Å². The number of hydrogen-bond donors (Lipinski definition) is 0. The maximum absolute atomic E-state index is 12.3. The van der Waals surface area contributed by atoms with E-state index in [0.29, 0.717) is 5.11 Å². The second-order valence-electron chi connectivity index (χ2n) is 4.28. The summed E-state index contributed by atoms with van der Waals surface area (Å²) in [6.45, 7) is 2.02. The molecule has 0 aromatic heterocycles. The Labute approximate surface area is 110 Å². The van der Waals surface area contributed by atoms with E-state index in [1.54, 1.807) is 16.7 Å². The first-order valence-electron chi connectivity index (χ1n) is 5.47. The van der Waals surface area contributed by atoms with Gasteiger partial charge in [-0.2, -0.15) is 0 Å². The van der Waals surface area contributed by atoms with Crippen LogP contribution in [0.4, 0.5) is 5.69 Å². The number of fused-ring (bicyclic) bond motifs is 1. The van der Waals surface area contributed by atoms with Crippen LogP contribution in [0, 0.1) is 6.92 Å². The van der Waals surface area contributed by atoms with Gasteiger partial charge in [-0.3, -0.25) is 9.69 Å². The first kappa shape index (κ1) is 11.0. The molecule has 2 aliphatic rings. The number of benzene rings is 1. The fourth-order valence-electron chi connectivity index (χ4n) is 2.21. The number of rotatable bonds is 1. The average molecular weight is 264 g/mol. The Morgan fingerprint density at radius 1 is 1.47 bits per heavy atom. The van der Waals surface area contributed by atoms with Crippen molar-refractivity contribution in [1.29, 1.82) is 0 Å². The second kappa shape index (κ2) is 3.99. The smallest absolute Gasteiger partial charge is 0.256 e. The van der Waals surface area contributed by atoms with Crippen molar-refractivity contribution < 1.29 is 4.79 Å². The minimum Gasteiger partial charge on any atom is -0.326 e. The van der Waals surface area contributed by atoms with Crippen molar-refractivity contribution in [3.8, 4) is 0 Å². The van der Waals surface area contributed by atoms with Crippen LogP contribution in [-0.2, 0) is 4.79 Å². The van der Waals surface area contributed by atoms with E-state index in [9.17, 15) is 4.79 Å². The Morgan fingerprint density at radius 2 is 2.29 bits per heavy atom. The Bertz CT molecular complexity index is 481. The highest BCUT2D eigenvalue weighted by Crippen LogP contribution is 2.32. The molecule has 1 atom stereocenters. The third-order valence-corrected chi connectivity index (χ3v) is 4.51. The lowest BCUT2D eigenvalue weighted by Crippen LogP contribution is -2.32. The van der Waals surface area contributed by atoms with Crippen LogP contribution in [0.15, 0.2) is 24.3 Å². The Balaban J connectivity index is 1.99. The molecule has 0 radical (unpaired) electrons. The summed E-state index contributed by atoms with van der Waals surface area (Å²) >= 11 is 7.16. The molecular weight excluding hydrogens is 252 g/mol. The average Bonchev–Trinajstić information content (AvgIpc) is 2.84. The van der Waals surface area contributed by atoms with Gasteiger partial charge in [0, 0.05) is 5.75 Å². The quantitative estimate of drug-likeness (QED) is 0.724. The van der Waals surface area contributed by atoms with Crippen molar-refractivity contribution in [2.45, 2.75) is 13.0 Å². The summed E-state index contributed by atoms with van der Waals surface area (Å²) in [5.41, 5.74) is 2.03. The van der Waals surface area contributed by atoms with Crippen LogP contribution in [0.2, 0.25) is 0 Å². The largest absolute Gasteiger partial charge is 0.326 e. The number of thiocarbonyl (C=S) groups is 1. The fraction of sp³-hybridized carbons (Fsp3) is 0.333. The number of aryl methyl sites for hydroxylation is 1. The molecular formula is C12H12N2OS2. The van der Waals surface area contributed by atoms with Gasteiger partial charge in [0.2, 0.25) is 0 Å². The van der Waals surface area contributed by atoms with Crippen molar-refractivity contribution >= 4 is 40.7 Å². The minimum atomic E-state index is -0.0481. The summed E-state index contributed by atoms with van der Waals surface area (Å²) in [5, 5.41) is 0.649. The molecule has 3 nitrogen and oxygen atoms in total. The summed E-state index contributed by atoms with van der Waals surface area (Å²) in [5.74, 6) is 1.80. The van der Waals surface area contributed by atoms with Gasteiger partial charge in [0.1, 0.15) is 6.04 Å². The van der Waals surface area contributed by atoms with Crippen molar-refractivity contribution in [2.24, 2.45) is 0 Å². The Kier molecular flexibility index (Phi) is 2.60. The van der Waals surface area contributed by atoms with E-state index in [1.165, 1.54) is 0 Å². The maximum Gasteiger partial charge on any atom is 0.256 e. The SMILES string of the molecule is Cc1cccc(N2C(=O)[C@@H]3CSCN3C2=S)c1. The third-order valence-electron chi connectivity index (χ3n) is 3.08. The first-order chi connectivity index (χ1) is 8.18. The van der Waals surface area contributed by atoms with Gasteiger partial charge in [-0.1, -0.05) is 12.1 Å². The molecule has 3 rings (SSSR count). The molecule has 0 bridgehead atoms. The molecule has 1 aromatic rings. The highest BCUT2D eigenvalue weighted by Gasteiger charge is 2.45. The van der Waals surface area contributed by atoms with Crippen LogP contribution in [0.3, 0.4) is 0 Å². The van der Waals surface area contributed by atoms with Crippen LogP contribution in [0.1, 0.15) is 5.56 Å². The van der Waals surface area contributed by atoms with E-state index in [4.69, 9.17) is 12.2 Å². The normalized spacial score (nSPS) is 23.5. The molecule has 2 saturated heterocycles. The van der Waals surface area contributed by atoms with Crippen molar-refractivity contribution in [3.63, 3.8) is 0 Å². The molecule has 1 aromatic carbocycles. The van der Waals surface area contributed by atoms with Gasteiger partial charge in [-0.15, -0.1) is 11.8 Å². The summed E-state index contributed by atoms with van der Waals surface area (Å²) in [4.78, 5) is 16.0. The van der Waals surface area contributed by atoms with Crippen LogP contribution < -0.4 is 4.90 Å². The molecule has 0 aliphatic carbocycles. The lowest BCUT2D eigenvalue weighted by molar-refractivity contribution is -0.118. The fourth-order valence-corrected chi connectivity index (χ4v) is 3.83. The minimum absolute atomic E-state index is 0.0481. The number of amides is 1. The van der Waals surface area contributed by atoms with E-state index in [-0.39, 0.29) is 11.9 Å².